The summed E-state index contributed by atoms with van der Waals surface area (Å²) < 4.78 is 5.24. The number of amides is 1. The monoisotopic (exact) mass is 597 g/mol. The second-order valence-electron chi connectivity index (χ2n) is 8.65. The lowest BCUT2D eigenvalue weighted by atomic mass is 10.0. The van der Waals surface area contributed by atoms with Crippen molar-refractivity contribution in [2.75, 3.05) is 12.4 Å². The summed E-state index contributed by atoms with van der Waals surface area (Å²) in [6.07, 6.45) is 0. The molecule has 1 heterocycles. The van der Waals surface area contributed by atoms with Gasteiger partial charge in [-0.25, -0.2) is 4.98 Å². The number of carbonyl (C=O) groups excluding carboxylic acids is 2. The van der Waals surface area contributed by atoms with Crippen LogP contribution in [0.3, 0.4) is 0 Å². The Kier molecular flexibility index (Phi) is 7.56. The number of hydrogen-bond donors (Lipinski definition) is 2. The first-order valence-corrected chi connectivity index (χ1v) is 13.1. The molecule has 4 aromatic carbocycles. The van der Waals surface area contributed by atoms with Crippen LogP contribution in [-0.4, -0.2) is 28.8 Å². The van der Waals surface area contributed by atoms with E-state index in [1.807, 2.05) is 13.0 Å². The fourth-order valence-corrected chi connectivity index (χ4v) is 5.21. The van der Waals surface area contributed by atoms with Crippen molar-refractivity contribution >= 4 is 74.8 Å². The number of benzene rings is 4. The average Bonchev–Trinajstić information content (AvgIpc) is 3.37. The van der Waals surface area contributed by atoms with E-state index in [-0.39, 0.29) is 42.8 Å². The fraction of sp³-hybridized carbons (Fsp3) is 0.0690. The maximum absolute atomic E-state index is 13.6. The van der Waals surface area contributed by atoms with Crippen LogP contribution in [-0.2, 0) is 0 Å². The van der Waals surface area contributed by atoms with Crippen LogP contribution in [0.4, 0.5) is 5.69 Å². The van der Waals surface area contributed by atoms with Crippen molar-refractivity contribution in [2.45, 2.75) is 6.92 Å². The highest BCUT2D eigenvalue weighted by molar-refractivity contribution is 6.54. The molecule has 6 nitrogen and oxygen atoms in total. The largest absolute Gasteiger partial charge is 0.497 e. The minimum Gasteiger partial charge on any atom is -0.497 e. The van der Waals surface area contributed by atoms with E-state index in [1.165, 1.54) is 0 Å². The number of nitrogens with zero attached hydrogens (tertiary/aromatic N) is 1. The predicted octanol–water partition coefficient (Wildman–Crippen LogP) is 8.64. The molecular formula is C29H19Cl4N3O3. The lowest BCUT2D eigenvalue weighted by molar-refractivity contribution is 0.102. The van der Waals surface area contributed by atoms with Crippen LogP contribution in [0.2, 0.25) is 20.1 Å². The molecule has 1 aromatic heterocycles. The molecule has 0 radical (unpaired) electrons. The Morgan fingerprint density at radius 3 is 2.26 bits per heavy atom. The van der Waals surface area contributed by atoms with Gasteiger partial charge < -0.3 is 15.0 Å². The van der Waals surface area contributed by atoms with Crippen LogP contribution in [0.5, 0.6) is 5.75 Å². The van der Waals surface area contributed by atoms with Crippen molar-refractivity contribution in [1.29, 1.82) is 0 Å². The van der Waals surface area contributed by atoms with Gasteiger partial charge in [-0.1, -0.05) is 76.7 Å². The van der Waals surface area contributed by atoms with E-state index in [2.05, 4.69) is 15.3 Å². The number of ketones is 1. The summed E-state index contributed by atoms with van der Waals surface area (Å²) in [5, 5.41) is 2.70. The molecular weight excluding hydrogens is 580 g/mol. The maximum atomic E-state index is 13.6. The number of fused-ring (bicyclic) bond motifs is 1. The number of methoxy groups -OCH3 is 1. The fourth-order valence-electron chi connectivity index (χ4n) is 4.18. The second kappa shape index (κ2) is 10.9. The quantitative estimate of drug-likeness (QED) is 0.116. The Bertz CT molecular complexity index is 1770. The van der Waals surface area contributed by atoms with Crippen LogP contribution >= 0.6 is 46.4 Å². The number of hydrogen-bond acceptors (Lipinski definition) is 4. The molecule has 0 unspecified atom stereocenters. The summed E-state index contributed by atoms with van der Waals surface area (Å²) in [6, 6.07) is 19.2. The van der Waals surface area contributed by atoms with Gasteiger partial charge in [0.25, 0.3) is 5.91 Å². The second-order valence-corrected chi connectivity index (χ2v) is 10.2. The highest BCUT2D eigenvalue weighted by Gasteiger charge is 2.28. The van der Waals surface area contributed by atoms with Gasteiger partial charge in [0.15, 0.2) is 5.78 Å². The Hall–Kier alpha value is -3.55. The summed E-state index contributed by atoms with van der Waals surface area (Å²) >= 11 is 25.9. The van der Waals surface area contributed by atoms with Crippen LogP contribution in [0.1, 0.15) is 31.8 Å². The SMILES string of the molecule is COc1ccc(NC(=O)c2c(Cl)c(Cl)c(Cl)c(Cl)c2-c2nc3ccc(C(=O)c4ccccc4)cc3[nH]2)c(C)c1. The van der Waals surface area contributed by atoms with Gasteiger partial charge in [0, 0.05) is 16.8 Å². The molecule has 0 aliphatic heterocycles. The van der Waals surface area contributed by atoms with Crippen LogP contribution in [0.15, 0.2) is 66.7 Å². The molecule has 0 aliphatic carbocycles. The number of nitrogens with one attached hydrogen (secondary N) is 2. The molecule has 0 saturated carbocycles. The number of rotatable bonds is 6. The van der Waals surface area contributed by atoms with Crippen molar-refractivity contribution in [3.63, 3.8) is 0 Å². The number of imidazole rings is 1. The molecule has 5 aromatic rings. The van der Waals surface area contributed by atoms with Gasteiger partial charge in [-0.05, 0) is 48.9 Å². The molecule has 0 fully saturated rings. The molecule has 5 rings (SSSR count). The van der Waals surface area contributed by atoms with E-state index >= 15 is 0 Å². The molecule has 0 saturated heterocycles. The first kappa shape index (κ1) is 27.0. The Labute approximate surface area is 243 Å². The highest BCUT2D eigenvalue weighted by Crippen LogP contribution is 2.46. The Morgan fingerprint density at radius 2 is 1.56 bits per heavy atom. The highest BCUT2D eigenvalue weighted by atomic mass is 35.5. The van der Waals surface area contributed by atoms with Gasteiger partial charge in [0.2, 0.25) is 0 Å². The summed E-state index contributed by atoms with van der Waals surface area (Å²) in [5.74, 6) is 0.175. The lowest BCUT2D eigenvalue weighted by Gasteiger charge is -2.16. The standard InChI is InChI=1S/C29H19Cl4N3O3/c1-14-12-17(39-2)9-11-18(14)36-29(38)22-21(23(30)25(32)26(33)24(22)31)28-34-19-10-8-16(13-20(19)35-28)27(37)15-6-4-3-5-7-15/h3-13H,1-2H3,(H,34,35)(H,36,38). The molecule has 0 atom stereocenters. The molecule has 2 N–H and O–H groups in total. The Morgan fingerprint density at radius 1 is 0.846 bits per heavy atom. The first-order chi connectivity index (χ1) is 18.7. The minimum absolute atomic E-state index is 0.00214. The first-order valence-electron chi connectivity index (χ1n) is 11.6. The van der Waals surface area contributed by atoms with Gasteiger partial charge in [-0.3, -0.25) is 9.59 Å². The minimum atomic E-state index is -0.566. The number of aromatic amines is 1. The number of anilines is 1. The van der Waals surface area contributed by atoms with E-state index in [1.54, 1.807) is 67.8 Å². The van der Waals surface area contributed by atoms with E-state index in [0.29, 0.717) is 33.6 Å². The van der Waals surface area contributed by atoms with Crippen molar-refractivity contribution in [3.05, 3.63) is 109 Å². The number of aromatic nitrogens is 2. The summed E-state index contributed by atoms with van der Waals surface area (Å²) in [5.41, 5.74) is 3.61. The topological polar surface area (TPSA) is 84.1 Å². The van der Waals surface area contributed by atoms with E-state index in [0.717, 1.165) is 5.56 Å². The van der Waals surface area contributed by atoms with E-state index in [4.69, 9.17) is 51.1 Å². The van der Waals surface area contributed by atoms with Crippen molar-refractivity contribution in [3.8, 4) is 17.1 Å². The summed E-state index contributed by atoms with van der Waals surface area (Å²) in [7, 11) is 1.56. The molecule has 39 heavy (non-hydrogen) atoms. The lowest BCUT2D eigenvalue weighted by Crippen LogP contribution is -2.15. The van der Waals surface area contributed by atoms with Crippen molar-refractivity contribution < 1.29 is 14.3 Å². The molecule has 196 valence electrons. The molecule has 1 amide bonds. The predicted molar refractivity (Wildman–Crippen MR) is 157 cm³/mol. The average molecular weight is 599 g/mol. The normalized spacial score (nSPS) is 11.0. The van der Waals surface area contributed by atoms with Gasteiger partial charge in [0.05, 0.1) is 49.4 Å². The van der Waals surface area contributed by atoms with Gasteiger partial charge >= 0.3 is 0 Å². The number of carbonyl (C=O) groups is 2. The van der Waals surface area contributed by atoms with Crippen molar-refractivity contribution in [1.82, 2.24) is 9.97 Å². The molecule has 0 bridgehead atoms. The molecule has 0 spiro atoms. The maximum Gasteiger partial charge on any atom is 0.258 e. The third-order valence-corrected chi connectivity index (χ3v) is 7.99. The van der Waals surface area contributed by atoms with E-state index < -0.39 is 5.91 Å². The smallest absolute Gasteiger partial charge is 0.258 e. The zero-order valence-corrected chi connectivity index (χ0v) is 23.6. The number of aryl methyl sites for hydroxylation is 1. The molecule has 10 heteroatoms. The van der Waals surface area contributed by atoms with Gasteiger partial charge in [-0.15, -0.1) is 0 Å². The number of halogens is 4. The van der Waals surface area contributed by atoms with E-state index in [9.17, 15) is 9.59 Å². The Balaban J connectivity index is 1.60. The summed E-state index contributed by atoms with van der Waals surface area (Å²) in [4.78, 5) is 34.3. The van der Waals surface area contributed by atoms with Crippen LogP contribution < -0.4 is 10.1 Å². The molecule has 0 aliphatic rings. The third kappa shape index (κ3) is 5.09. The van der Waals surface area contributed by atoms with Gasteiger partial charge in [0.1, 0.15) is 11.6 Å². The zero-order chi connectivity index (χ0) is 27.8. The van der Waals surface area contributed by atoms with Crippen LogP contribution in [0.25, 0.3) is 22.4 Å². The van der Waals surface area contributed by atoms with Crippen molar-refractivity contribution in [2.24, 2.45) is 0 Å². The zero-order valence-electron chi connectivity index (χ0n) is 20.5. The number of H-pyrrole nitrogens is 1. The van der Waals surface area contributed by atoms with Gasteiger partial charge in [-0.2, -0.15) is 0 Å². The third-order valence-electron chi connectivity index (χ3n) is 6.19. The van der Waals surface area contributed by atoms with Crippen LogP contribution in [0, 0.1) is 6.92 Å². The summed E-state index contributed by atoms with van der Waals surface area (Å²) in [6.45, 7) is 1.83. The number of ether oxygens (including phenoxy) is 1.